The minimum atomic E-state index is -0.277. The van der Waals surface area contributed by atoms with Crippen LogP contribution in [-0.4, -0.2) is 41.0 Å². The van der Waals surface area contributed by atoms with Crippen LogP contribution in [0.15, 0.2) is 42.5 Å². The van der Waals surface area contributed by atoms with E-state index in [1.807, 2.05) is 12.2 Å². The maximum Gasteiger partial charge on any atom is 0.154 e. The molecule has 0 fully saturated rings. The normalized spacial score (nSPS) is 11.7. The van der Waals surface area contributed by atoms with Crippen molar-refractivity contribution in [3.63, 3.8) is 0 Å². The summed E-state index contributed by atoms with van der Waals surface area (Å²) in [6, 6.07) is 13.1. The van der Waals surface area contributed by atoms with E-state index in [-0.39, 0.29) is 5.82 Å². The average Bonchev–Trinajstić information content (AvgIpc) is 2.81. The quantitative estimate of drug-likeness (QED) is 0.334. The second kappa shape index (κ2) is 12.3. The van der Waals surface area contributed by atoms with Gasteiger partial charge in [0.25, 0.3) is 0 Å². The fraction of sp³-hybridized carbons (Fsp3) is 0.407. The van der Waals surface area contributed by atoms with Crippen molar-refractivity contribution in [1.29, 1.82) is 0 Å². The van der Waals surface area contributed by atoms with Gasteiger partial charge in [-0.05, 0) is 80.7 Å². The number of nitrogens with one attached hydrogen (secondary N) is 1. The molecule has 0 aliphatic carbocycles. The summed E-state index contributed by atoms with van der Waals surface area (Å²) in [5.74, 6) is 1.03. The lowest BCUT2D eigenvalue weighted by Gasteiger charge is -2.21. The molecule has 0 amide bonds. The Morgan fingerprint density at radius 3 is 2.34 bits per heavy atom. The lowest BCUT2D eigenvalue weighted by Crippen LogP contribution is -2.27. The van der Waals surface area contributed by atoms with Crippen molar-refractivity contribution in [1.82, 2.24) is 14.9 Å². The molecule has 170 valence electrons. The molecule has 4 nitrogen and oxygen atoms in total. The largest absolute Gasteiger partial charge is 0.369 e. The van der Waals surface area contributed by atoms with Gasteiger partial charge in [-0.3, -0.25) is 0 Å². The molecule has 1 N–H and O–H groups in total. The standard InChI is InChI=1S/C27H35FN4/c1-4-17-32(18-5-2)19-7-16-29-27-24-20-23(28)13-14-25(24)30-26(31-27)15-12-22-10-8-21(6-3)9-11-22/h8-15,20H,4-7,16-19H2,1-3H3,(H,29,30,31)/b15-12+. The zero-order valence-electron chi connectivity index (χ0n) is 19.6. The van der Waals surface area contributed by atoms with Crippen molar-refractivity contribution >= 4 is 28.9 Å². The Morgan fingerprint density at radius 2 is 1.66 bits per heavy atom. The zero-order valence-corrected chi connectivity index (χ0v) is 19.6. The number of rotatable bonds is 12. The number of benzene rings is 2. The first-order chi connectivity index (χ1) is 15.6. The lowest BCUT2D eigenvalue weighted by atomic mass is 10.1. The molecule has 2 aromatic carbocycles. The molecule has 0 aliphatic rings. The van der Waals surface area contributed by atoms with Gasteiger partial charge in [-0.2, -0.15) is 0 Å². The number of nitrogens with zero attached hydrogens (tertiary/aromatic N) is 3. The van der Waals surface area contributed by atoms with E-state index in [2.05, 4.69) is 60.2 Å². The van der Waals surface area contributed by atoms with Crippen LogP contribution < -0.4 is 5.32 Å². The highest BCUT2D eigenvalue weighted by molar-refractivity contribution is 5.90. The Bertz CT molecular complexity index is 1010. The molecule has 3 aromatic rings. The van der Waals surface area contributed by atoms with Crippen LogP contribution in [0.1, 0.15) is 57.0 Å². The molecule has 3 rings (SSSR count). The van der Waals surface area contributed by atoms with E-state index in [0.717, 1.165) is 50.1 Å². The highest BCUT2D eigenvalue weighted by Gasteiger charge is 2.08. The molecular formula is C27H35FN4. The van der Waals surface area contributed by atoms with Crippen LogP contribution in [-0.2, 0) is 6.42 Å². The van der Waals surface area contributed by atoms with Crippen LogP contribution in [0.25, 0.3) is 23.1 Å². The summed E-state index contributed by atoms with van der Waals surface area (Å²) in [5.41, 5.74) is 3.16. The van der Waals surface area contributed by atoms with Gasteiger partial charge in [0.1, 0.15) is 11.6 Å². The first kappa shape index (κ1) is 23.9. The molecule has 0 saturated carbocycles. The fourth-order valence-corrected chi connectivity index (χ4v) is 3.84. The van der Waals surface area contributed by atoms with E-state index in [1.165, 1.54) is 30.5 Å². The Morgan fingerprint density at radius 1 is 0.906 bits per heavy atom. The average molecular weight is 435 g/mol. The molecular weight excluding hydrogens is 399 g/mol. The van der Waals surface area contributed by atoms with Crippen molar-refractivity contribution in [2.24, 2.45) is 0 Å². The number of fused-ring (bicyclic) bond motifs is 1. The Balaban J connectivity index is 1.75. The van der Waals surface area contributed by atoms with Gasteiger partial charge in [0.15, 0.2) is 5.82 Å². The van der Waals surface area contributed by atoms with Gasteiger partial charge in [0, 0.05) is 11.9 Å². The van der Waals surface area contributed by atoms with Gasteiger partial charge in [0.2, 0.25) is 0 Å². The monoisotopic (exact) mass is 434 g/mol. The van der Waals surface area contributed by atoms with Crippen LogP contribution in [0.5, 0.6) is 0 Å². The van der Waals surface area contributed by atoms with Crippen LogP contribution in [0, 0.1) is 5.82 Å². The smallest absolute Gasteiger partial charge is 0.154 e. The van der Waals surface area contributed by atoms with Gasteiger partial charge in [0.05, 0.1) is 5.52 Å². The molecule has 0 aliphatic heterocycles. The third-order valence-corrected chi connectivity index (χ3v) is 5.51. The summed E-state index contributed by atoms with van der Waals surface area (Å²) >= 11 is 0. The van der Waals surface area contributed by atoms with E-state index in [1.54, 1.807) is 6.07 Å². The Hall–Kier alpha value is -2.79. The van der Waals surface area contributed by atoms with Gasteiger partial charge in [-0.25, -0.2) is 14.4 Å². The third-order valence-electron chi connectivity index (χ3n) is 5.51. The van der Waals surface area contributed by atoms with Gasteiger partial charge < -0.3 is 10.2 Å². The van der Waals surface area contributed by atoms with Crippen molar-refractivity contribution in [2.75, 3.05) is 31.5 Å². The number of aryl methyl sites for hydroxylation is 1. The number of aromatic nitrogens is 2. The van der Waals surface area contributed by atoms with E-state index in [0.29, 0.717) is 17.0 Å². The van der Waals surface area contributed by atoms with Crippen molar-refractivity contribution in [2.45, 2.75) is 46.5 Å². The summed E-state index contributed by atoms with van der Waals surface area (Å²) in [4.78, 5) is 11.8. The van der Waals surface area contributed by atoms with Crippen LogP contribution >= 0.6 is 0 Å². The van der Waals surface area contributed by atoms with E-state index >= 15 is 0 Å². The van der Waals surface area contributed by atoms with Crippen molar-refractivity contribution in [3.05, 3.63) is 65.2 Å². The number of halogens is 1. The molecule has 0 spiro atoms. The van der Waals surface area contributed by atoms with Gasteiger partial charge in [-0.15, -0.1) is 0 Å². The maximum atomic E-state index is 13.9. The molecule has 0 atom stereocenters. The summed E-state index contributed by atoms with van der Waals surface area (Å²) in [6.07, 6.45) is 8.30. The second-order valence-electron chi connectivity index (χ2n) is 8.14. The van der Waals surface area contributed by atoms with Crippen molar-refractivity contribution in [3.8, 4) is 0 Å². The topological polar surface area (TPSA) is 41.0 Å². The SMILES string of the molecule is CCCN(CCC)CCCNc1nc(/C=C/c2ccc(CC)cc2)nc2ccc(F)cc12. The molecule has 5 heteroatoms. The number of anilines is 1. The Labute approximate surface area is 191 Å². The van der Waals surface area contributed by atoms with Gasteiger partial charge in [-0.1, -0.05) is 51.1 Å². The predicted octanol–water partition coefficient (Wildman–Crippen LogP) is 6.43. The molecule has 1 heterocycles. The maximum absolute atomic E-state index is 13.9. The number of hydrogen-bond acceptors (Lipinski definition) is 4. The lowest BCUT2D eigenvalue weighted by molar-refractivity contribution is 0.274. The highest BCUT2D eigenvalue weighted by Crippen LogP contribution is 2.22. The van der Waals surface area contributed by atoms with Crippen LogP contribution in [0.4, 0.5) is 10.2 Å². The van der Waals surface area contributed by atoms with E-state index in [4.69, 9.17) is 4.98 Å². The summed E-state index contributed by atoms with van der Waals surface area (Å²) in [6.45, 7) is 10.7. The molecule has 1 aromatic heterocycles. The fourth-order valence-electron chi connectivity index (χ4n) is 3.84. The summed E-state index contributed by atoms with van der Waals surface area (Å²) in [5, 5.41) is 4.15. The van der Waals surface area contributed by atoms with Crippen molar-refractivity contribution < 1.29 is 4.39 Å². The molecule has 0 unspecified atom stereocenters. The number of hydrogen-bond donors (Lipinski definition) is 1. The summed E-state index contributed by atoms with van der Waals surface area (Å²) < 4.78 is 13.9. The molecule has 32 heavy (non-hydrogen) atoms. The first-order valence-electron chi connectivity index (χ1n) is 11.8. The second-order valence-corrected chi connectivity index (χ2v) is 8.14. The minimum absolute atomic E-state index is 0.277. The minimum Gasteiger partial charge on any atom is -0.369 e. The van der Waals surface area contributed by atoms with Crippen LogP contribution in [0.3, 0.4) is 0 Å². The van der Waals surface area contributed by atoms with Gasteiger partial charge >= 0.3 is 0 Å². The highest BCUT2D eigenvalue weighted by atomic mass is 19.1. The molecule has 0 bridgehead atoms. The third kappa shape index (κ3) is 6.86. The molecule has 0 radical (unpaired) electrons. The Kier molecular flexibility index (Phi) is 9.17. The van der Waals surface area contributed by atoms with Crippen LogP contribution in [0.2, 0.25) is 0 Å². The predicted molar refractivity (Wildman–Crippen MR) is 134 cm³/mol. The van der Waals surface area contributed by atoms with E-state index < -0.39 is 0 Å². The molecule has 0 saturated heterocycles. The zero-order chi connectivity index (χ0) is 22.8. The summed E-state index contributed by atoms with van der Waals surface area (Å²) in [7, 11) is 0. The first-order valence-corrected chi connectivity index (χ1v) is 11.8. The van der Waals surface area contributed by atoms with E-state index in [9.17, 15) is 4.39 Å².